The Labute approximate surface area is 95.9 Å². The minimum absolute atomic E-state index is 3.20. The molecule has 0 saturated carbocycles. The van der Waals surface area contributed by atoms with Gasteiger partial charge in [0.2, 0.25) is 0 Å². The first kappa shape index (κ1) is 18.1. The highest BCUT2D eigenvalue weighted by Gasteiger charge is 2.84. The third-order valence-corrected chi connectivity index (χ3v) is 1.84. The molecule has 0 aliphatic heterocycles. The van der Waals surface area contributed by atoms with Gasteiger partial charge in [0.25, 0.3) is 6.17 Å². The van der Waals surface area contributed by atoms with Crippen LogP contribution in [0.15, 0.2) is 0 Å². The second-order valence-corrected chi connectivity index (χ2v) is 3.30. The molecule has 0 heterocycles. The molecule has 0 radical (unpaired) electrons. The Hall–Kier alpha value is -0.880. The van der Waals surface area contributed by atoms with Crippen LogP contribution in [-0.2, 0) is 0 Å². The van der Waals surface area contributed by atoms with E-state index in [0.717, 1.165) is 0 Å². The van der Waals surface area contributed by atoms with E-state index in [9.17, 15) is 52.7 Å². The minimum Gasteiger partial charge on any atom is -0.267 e. The molecule has 0 aliphatic rings. The van der Waals surface area contributed by atoms with Crippen LogP contribution in [0.5, 0.6) is 0 Å². The zero-order valence-electron chi connectivity index (χ0n) is 8.19. The number of nitrogens with two attached hydrogens (primary N) is 1. The normalized spacial score (nSPS) is 17.5. The molecule has 0 aliphatic carbocycles. The summed E-state index contributed by atoms with van der Waals surface area (Å²) in [5.41, 5.74) is 3.20. The fraction of sp³-hybridized carbons (Fsp3) is 1.00. The average Bonchev–Trinajstić information content (AvgIpc) is 2.12. The van der Waals surface area contributed by atoms with E-state index in [-0.39, 0.29) is 0 Å². The largest absolute Gasteiger partial charge is 0.425 e. The van der Waals surface area contributed by atoms with Crippen LogP contribution < -0.4 is 5.73 Å². The van der Waals surface area contributed by atoms with Crippen molar-refractivity contribution in [1.29, 1.82) is 0 Å². The van der Waals surface area contributed by atoms with Crippen molar-refractivity contribution in [2.24, 2.45) is 5.73 Å². The quantitative estimate of drug-likeness (QED) is 0.625. The van der Waals surface area contributed by atoms with Crippen molar-refractivity contribution in [3.63, 3.8) is 0 Å². The highest BCUT2D eigenvalue weighted by atomic mass is 19.4. The molecule has 0 aromatic carbocycles. The van der Waals surface area contributed by atoms with Gasteiger partial charge in [0.1, 0.15) is 0 Å². The van der Waals surface area contributed by atoms with Crippen molar-refractivity contribution in [3.05, 3.63) is 0 Å². The molecular weight excluding hydrogens is 314 g/mol. The van der Waals surface area contributed by atoms with Crippen molar-refractivity contribution >= 4 is 0 Å². The number of hydrogen-bond acceptors (Lipinski definition) is 1. The maximum absolute atomic E-state index is 12.5. The van der Waals surface area contributed by atoms with Crippen LogP contribution in [-0.4, -0.2) is 36.2 Å². The lowest BCUT2D eigenvalue weighted by Gasteiger charge is -2.36. The maximum atomic E-state index is 12.5. The van der Waals surface area contributed by atoms with Crippen molar-refractivity contribution in [1.82, 2.24) is 0 Å². The summed E-state index contributed by atoms with van der Waals surface area (Å²) in [5, 5.41) is 0. The molecule has 0 rings (SSSR count). The molecule has 1 atom stereocenters. The SMILES string of the molecule is NC(F)(F)C(F)(F)C(F)(F)C(F)(F)C(F)C(F)(F)F. The smallest absolute Gasteiger partial charge is 0.267 e. The van der Waals surface area contributed by atoms with E-state index in [0.29, 0.717) is 0 Å². The summed E-state index contributed by atoms with van der Waals surface area (Å²) in [5.74, 6) is -21.6. The van der Waals surface area contributed by atoms with E-state index in [1.165, 1.54) is 0 Å². The Morgan fingerprint density at radius 1 is 0.632 bits per heavy atom. The highest BCUT2D eigenvalue weighted by Crippen LogP contribution is 2.54. The van der Waals surface area contributed by atoms with E-state index in [2.05, 4.69) is 5.73 Å². The summed E-state index contributed by atoms with van der Waals surface area (Å²) in [6, 6.07) is -6.30. The van der Waals surface area contributed by atoms with Gasteiger partial charge in [-0.2, -0.15) is 48.3 Å². The fourth-order valence-electron chi connectivity index (χ4n) is 0.783. The van der Waals surface area contributed by atoms with Gasteiger partial charge in [-0.1, -0.05) is 0 Å². The summed E-state index contributed by atoms with van der Waals surface area (Å²) in [6.07, 6.45) is -12.5. The second-order valence-electron chi connectivity index (χ2n) is 3.30. The van der Waals surface area contributed by atoms with Crippen LogP contribution in [0.3, 0.4) is 0 Å². The summed E-state index contributed by atoms with van der Waals surface area (Å²) < 4.78 is 145. The lowest BCUT2D eigenvalue weighted by atomic mass is 9.98. The van der Waals surface area contributed by atoms with Gasteiger partial charge in [0.15, 0.2) is 0 Å². The van der Waals surface area contributed by atoms with Crippen LogP contribution in [0.2, 0.25) is 0 Å². The molecule has 19 heavy (non-hydrogen) atoms. The predicted octanol–water partition coefficient (Wildman–Crippen LogP) is 3.34. The third-order valence-electron chi connectivity index (χ3n) is 1.84. The molecular formula is C6H3F12N. The molecule has 1 nitrogen and oxygen atoms in total. The van der Waals surface area contributed by atoms with E-state index in [1.54, 1.807) is 0 Å². The zero-order chi connectivity index (χ0) is 16.1. The first-order valence-corrected chi connectivity index (χ1v) is 3.91. The fourth-order valence-corrected chi connectivity index (χ4v) is 0.783. The van der Waals surface area contributed by atoms with Gasteiger partial charge < -0.3 is 0 Å². The third kappa shape index (κ3) is 2.69. The Kier molecular flexibility index (Phi) is 4.11. The van der Waals surface area contributed by atoms with Crippen molar-refractivity contribution in [3.8, 4) is 0 Å². The molecule has 0 aromatic heterocycles. The number of alkyl halides is 12. The van der Waals surface area contributed by atoms with E-state index in [1.807, 2.05) is 0 Å². The van der Waals surface area contributed by atoms with Gasteiger partial charge in [0.05, 0.1) is 0 Å². The van der Waals surface area contributed by atoms with E-state index in [4.69, 9.17) is 0 Å². The lowest BCUT2D eigenvalue weighted by molar-refractivity contribution is -0.391. The van der Waals surface area contributed by atoms with Gasteiger partial charge in [-0.3, -0.25) is 5.73 Å². The van der Waals surface area contributed by atoms with E-state index < -0.39 is 36.2 Å². The first-order valence-electron chi connectivity index (χ1n) is 3.91. The van der Waals surface area contributed by atoms with Gasteiger partial charge in [-0.25, -0.2) is 4.39 Å². The minimum atomic E-state index is -7.38. The van der Waals surface area contributed by atoms with Crippen LogP contribution in [0.1, 0.15) is 0 Å². The van der Waals surface area contributed by atoms with Crippen LogP contribution in [0.4, 0.5) is 52.7 Å². The number of rotatable bonds is 4. The highest BCUT2D eigenvalue weighted by molar-refractivity contribution is 5.05. The Morgan fingerprint density at radius 3 is 1.16 bits per heavy atom. The van der Waals surface area contributed by atoms with Crippen LogP contribution in [0, 0.1) is 0 Å². The van der Waals surface area contributed by atoms with Gasteiger partial charge in [-0.15, -0.1) is 0 Å². The standard InChI is InChI=1S/C6H3F12N/c7-1(3(10,11)12)2(8,9)4(13,14)5(15,16)6(17,18)19/h1H,19H2. The average molecular weight is 317 g/mol. The van der Waals surface area contributed by atoms with Gasteiger partial charge in [-0.05, 0) is 0 Å². The zero-order valence-corrected chi connectivity index (χ0v) is 8.19. The molecule has 1 unspecified atom stereocenters. The number of halogens is 12. The predicted molar refractivity (Wildman–Crippen MR) is 34.9 cm³/mol. The van der Waals surface area contributed by atoms with Crippen molar-refractivity contribution in [2.75, 3.05) is 0 Å². The van der Waals surface area contributed by atoms with Crippen molar-refractivity contribution in [2.45, 2.75) is 36.2 Å². The molecule has 13 heteroatoms. The molecule has 0 aromatic rings. The Bertz CT molecular complexity index is 324. The molecule has 0 spiro atoms. The molecule has 2 N–H and O–H groups in total. The Morgan fingerprint density at radius 2 is 0.947 bits per heavy atom. The van der Waals surface area contributed by atoms with E-state index >= 15 is 0 Å². The molecule has 116 valence electrons. The second kappa shape index (κ2) is 4.31. The van der Waals surface area contributed by atoms with Crippen molar-refractivity contribution < 1.29 is 52.7 Å². The molecule has 0 amide bonds. The lowest BCUT2D eigenvalue weighted by Crippen LogP contribution is -2.68. The summed E-state index contributed by atoms with van der Waals surface area (Å²) in [7, 11) is 0. The van der Waals surface area contributed by atoms with Crippen LogP contribution in [0.25, 0.3) is 0 Å². The summed E-state index contributed by atoms with van der Waals surface area (Å²) in [6.45, 7) is 0. The van der Waals surface area contributed by atoms with Gasteiger partial charge in [0, 0.05) is 0 Å². The topological polar surface area (TPSA) is 26.0 Å². The van der Waals surface area contributed by atoms with Crippen LogP contribution >= 0.6 is 0 Å². The summed E-state index contributed by atoms with van der Waals surface area (Å²) >= 11 is 0. The molecule has 0 bridgehead atoms. The monoisotopic (exact) mass is 317 g/mol. The Balaban J connectivity index is 5.78. The summed E-state index contributed by atoms with van der Waals surface area (Å²) in [4.78, 5) is 0. The molecule has 0 fully saturated rings. The first-order chi connectivity index (χ1) is 7.90. The maximum Gasteiger partial charge on any atom is 0.425 e. The van der Waals surface area contributed by atoms with Gasteiger partial charge >= 0.3 is 30.0 Å². The number of hydrogen-bond donors (Lipinski definition) is 1. The molecule has 0 saturated heterocycles.